The molecule has 0 amide bonds. The lowest BCUT2D eigenvalue weighted by Crippen LogP contribution is -2.22. The largest absolute Gasteiger partial charge is 0.495 e. The van der Waals surface area contributed by atoms with Crippen LogP contribution in [0, 0.1) is 0 Å². The molecule has 0 aromatic heterocycles. The molecule has 128 valence electrons. The zero-order chi connectivity index (χ0) is 17.5. The van der Waals surface area contributed by atoms with Gasteiger partial charge < -0.3 is 9.64 Å². The Morgan fingerprint density at radius 1 is 1.08 bits per heavy atom. The molecule has 0 bridgehead atoms. The van der Waals surface area contributed by atoms with Crippen LogP contribution >= 0.6 is 0 Å². The van der Waals surface area contributed by atoms with Crippen molar-refractivity contribution in [3.05, 3.63) is 54.1 Å². The first-order chi connectivity index (χ1) is 11.6. The summed E-state index contributed by atoms with van der Waals surface area (Å²) in [5.41, 5.74) is 1.76. The molecule has 4 heteroatoms. The molecule has 0 spiro atoms. The van der Waals surface area contributed by atoms with Crippen molar-refractivity contribution >= 4 is 22.4 Å². The summed E-state index contributed by atoms with van der Waals surface area (Å²) in [7, 11) is 1.57. The Kier molecular flexibility index (Phi) is 6.73. The van der Waals surface area contributed by atoms with Crippen LogP contribution in [-0.2, 0) is 10.9 Å². The van der Waals surface area contributed by atoms with Crippen molar-refractivity contribution in [2.24, 2.45) is 0 Å². The number of carbonyl (C=O) groups is 1. The number of ketones is 1. The normalized spacial score (nSPS) is 11.8. The van der Waals surface area contributed by atoms with Crippen LogP contribution in [0.3, 0.4) is 0 Å². The van der Waals surface area contributed by atoms with Gasteiger partial charge in [0.25, 0.3) is 0 Å². The molecule has 0 aliphatic heterocycles. The summed E-state index contributed by atoms with van der Waals surface area (Å²) >= 11 is 0. The molecule has 0 fully saturated rings. The van der Waals surface area contributed by atoms with Crippen LogP contribution in [0.1, 0.15) is 24.2 Å². The van der Waals surface area contributed by atoms with Crippen molar-refractivity contribution in [3.8, 4) is 5.75 Å². The molecule has 0 N–H and O–H groups in total. The van der Waals surface area contributed by atoms with Gasteiger partial charge in [-0.1, -0.05) is 18.2 Å². The molecule has 1 unspecified atom stereocenters. The molecule has 0 heterocycles. The standard InChI is InChI=1S/C20H26NO2S/c1-5-21(6-2)18-13-12-16(14-20(18)23-3)19(22)15-24(4)17-10-8-7-9-11-17/h7-14H,5-6,15H2,1-4H3/q+1. The van der Waals surface area contributed by atoms with E-state index in [0.29, 0.717) is 5.75 Å². The second-order valence-corrected chi connectivity index (χ2v) is 7.61. The van der Waals surface area contributed by atoms with Gasteiger partial charge in [-0.05, 0) is 44.2 Å². The Morgan fingerprint density at radius 2 is 1.75 bits per heavy atom. The molecule has 0 saturated heterocycles. The van der Waals surface area contributed by atoms with E-state index in [1.54, 1.807) is 7.11 Å². The summed E-state index contributed by atoms with van der Waals surface area (Å²) in [4.78, 5) is 16.1. The molecule has 2 aromatic carbocycles. The van der Waals surface area contributed by atoms with Crippen molar-refractivity contribution < 1.29 is 9.53 Å². The third-order valence-corrected chi connectivity index (χ3v) is 5.87. The molecule has 0 radical (unpaired) electrons. The predicted molar refractivity (Wildman–Crippen MR) is 104 cm³/mol. The SMILES string of the molecule is CCN(CC)c1ccc(C(=O)C[S+](C)c2ccccc2)cc1OC. The van der Waals surface area contributed by atoms with Gasteiger partial charge in [0.05, 0.1) is 12.8 Å². The lowest BCUT2D eigenvalue weighted by Gasteiger charge is -2.23. The van der Waals surface area contributed by atoms with E-state index >= 15 is 0 Å². The van der Waals surface area contributed by atoms with E-state index in [1.807, 2.05) is 36.4 Å². The van der Waals surface area contributed by atoms with E-state index in [1.165, 1.54) is 4.90 Å². The Balaban J connectivity index is 2.18. The average molecular weight is 345 g/mol. The quantitative estimate of drug-likeness (QED) is 0.535. The Hall–Kier alpha value is -1.94. The van der Waals surface area contributed by atoms with E-state index < -0.39 is 0 Å². The Labute approximate surface area is 148 Å². The van der Waals surface area contributed by atoms with E-state index in [2.05, 4.69) is 37.1 Å². The van der Waals surface area contributed by atoms with Gasteiger partial charge in [0.1, 0.15) is 12.0 Å². The van der Waals surface area contributed by atoms with E-state index in [0.717, 1.165) is 30.1 Å². The number of carbonyl (C=O) groups excluding carboxylic acids is 1. The maximum absolute atomic E-state index is 12.7. The molecule has 0 aliphatic carbocycles. The van der Waals surface area contributed by atoms with Crippen LogP contribution in [-0.4, -0.2) is 38.0 Å². The summed E-state index contributed by atoms with van der Waals surface area (Å²) in [6, 6.07) is 16.0. The van der Waals surface area contributed by atoms with Gasteiger partial charge in [-0.25, -0.2) is 0 Å². The molecule has 0 saturated carbocycles. The summed E-state index contributed by atoms with van der Waals surface area (Å²) in [5.74, 6) is 1.45. The highest BCUT2D eigenvalue weighted by Crippen LogP contribution is 2.29. The van der Waals surface area contributed by atoms with Gasteiger partial charge in [-0.2, -0.15) is 0 Å². The molecule has 1 atom stereocenters. The highest BCUT2D eigenvalue weighted by atomic mass is 32.2. The number of rotatable bonds is 8. The smallest absolute Gasteiger partial charge is 0.212 e. The molecule has 3 nitrogen and oxygen atoms in total. The van der Waals surface area contributed by atoms with Crippen molar-refractivity contribution in [2.45, 2.75) is 18.7 Å². The number of hydrogen-bond donors (Lipinski definition) is 0. The third-order valence-electron chi connectivity index (χ3n) is 4.10. The minimum Gasteiger partial charge on any atom is -0.495 e. The van der Waals surface area contributed by atoms with Gasteiger partial charge in [-0.15, -0.1) is 0 Å². The summed E-state index contributed by atoms with van der Waals surface area (Å²) in [6.07, 6.45) is 2.12. The number of Topliss-reactive ketones (excluding diaryl/α,β-unsaturated/α-hetero) is 1. The molecular formula is C20H26NO2S+. The molecule has 0 aliphatic rings. The molecule has 2 rings (SSSR count). The number of hydrogen-bond acceptors (Lipinski definition) is 3. The van der Waals surface area contributed by atoms with Crippen molar-refractivity contribution in [1.82, 2.24) is 0 Å². The zero-order valence-corrected chi connectivity index (χ0v) is 15.7. The summed E-state index contributed by atoms with van der Waals surface area (Å²) in [5, 5.41) is 0. The van der Waals surface area contributed by atoms with E-state index in [9.17, 15) is 4.79 Å². The van der Waals surface area contributed by atoms with Crippen molar-refractivity contribution in [2.75, 3.05) is 37.1 Å². The fourth-order valence-corrected chi connectivity index (χ4v) is 4.04. The van der Waals surface area contributed by atoms with Crippen LogP contribution in [0.2, 0.25) is 0 Å². The van der Waals surface area contributed by atoms with E-state index in [-0.39, 0.29) is 16.7 Å². The molecular weight excluding hydrogens is 318 g/mol. The number of benzene rings is 2. The van der Waals surface area contributed by atoms with Gasteiger partial charge in [0.2, 0.25) is 5.78 Å². The highest BCUT2D eigenvalue weighted by molar-refractivity contribution is 7.96. The minimum absolute atomic E-state index is 0.0907. The first-order valence-electron chi connectivity index (χ1n) is 8.24. The minimum atomic E-state index is -0.0907. The molecule has 24 heavy (non-hydrogen) atoms. The van der Waals surface area contributed by atoms with Crippen LogP contribution < -0.4 is 9.64 Å². The van der Waals surface area contributed by atoms with Gasteiger partial charge in [0.15, 0.2) is 10.6 Å². The molecule has 2 aromatic rings. The number of methoxy groups -OCH3 is 1. The lowest BCUT2D eigenvalue weighted by atomic mass is 10.1. The highest BCUT2D eigenvalue weighted by Gasteiger charge is 2.22. The van der Waals surface area contributed by atoms with Gasteiger partial charge in [0, 0.05) is 29.5 Å². The van der Waals surface area contributed by atoms with Gasteiger partial charge in [-0.3, -0.25) is 4.79 Å². The predicted octanol–water partition coefficient (Wildman–Crippen LogP) is 4.03. The monoisotopic (exact) mass is 344 g/mol. The fourth-order valence-electron chi connectivity index (χ4n) is 2.69. The topological polar surface area (TPSA) is 29.5 Å². The summed E-state index contributed by atoms with van der Waals surface area (Å²) < 4.78 is 5.52. The summed E-state index contributed by atoms with van der Waals surface area (Å²) in [6.45, 7) is 6.05. The third kappa shape index (κ3) is 4.32. The van der Waals surface area contributed by atoms with Crippen LogP contribution in [0.5, 0.6) is 5.75 Å². The second kappa shape index (κ2) is 8.78. The number of nitrogens with zero attached hydrogens (tertiary/aromatic N) is 1. The van der Waals surface area contributed by atoms with Crippen LogP contribution in [0.15, 0.2) is 53.4 Å². The number of anilines is 1. The first-order valence-corrected chi connectivity index (χ1v) is 10.0. The van der Waals surface area contributed by atoms with Gasteiger partial charge >= 0.3 is 0 Å². The second-order valence-electron chi connectivity index (χ2n) is 5.58. The van der Waals surface area contributed by atoms with Crippen LogP contribution in [0.25, 0.3) is 0 Å². The van der Waals surface area contributed by atoms with Crippen LogP contribution in [0.4, 0.5) is 5.69 Å². The lowest BCUT2D eigenvalue weighted by molar-refractivity contribution is 0.102. The fraction of sp³-hybridized carbons (Fsp3) is 0.350. The maximum Gasteiger partial charge on any atom is 0.212 e. The number of ether oxygens (including phenoxy) is 1. The maximum atomic E-state index is 12.7. The first kappa shape index (κ1) is 18.4. The van der Waals surface area contributed by atoms with E-state index in [4.69, 9.17) is 4.74 Å². The van der Waals surface area contributed by atoms with Crippen molar-refractivity contribution in [1.29, 1.82) is 0 Å². The zero-order valence-electron chi connectivity index (χ0n) is 14.9. The average Bonchev–Trinajstić information content (AvgIpc) is 2.63. The van der Waals surface area contributed by atoms with Crippen molar-refractivity contribution in [3.63, 3.8) is 0 Å². The Morgan fingerprint density at radius 3 is 2.33 bits per heavy atom. The Bertz CT molecular complexity index is 669.